The Labute approximate surface area is 347 Å². The van der Waals surface area contributed by atoms with Crippen molar-refractivity contribution in [1.29, 1.82) is 0 Å². The molecule has 8 aromatic carbocycles. The molecule has 0 N–H and O–H groups in total. The molecule has 0 atom stereocenters. The maximum atomic E-state index is 7.57. The Morgan fingerprint density at radius 1 is 0.433 bits per heavy atom. The number of hydrogen-bond acceptors (Lipinski definition) is 3. The third-order valence-corrected chi connectivity index (χ3v) is 11.5. The first-order valence-electron chi connectivity index (χ1n) is 20.0. The van der Waals surface area contributed by atoms with Crippen LogP contribution in [0.2, 0.25) is 0 Å². The van der Waals surface area contributed by atoms with Crippen molar-refractivity contribution in [3.63, 3.8) is 0 Å². The predicted molar refractivity (Wildman–Crippen MR) is 248 cm³/mol. The average molecular weight is 766 g/mol. The average Bonchev–Trinajstić information content (AvgIpc) is 3.67. The van der Waals surface area contributed by atoms with Crippen LogP contribution < -0.4 is 4.90 Å². The molecule has 280 valence electrons. The second-order valence-electron chi connectivity index (χ2n) is 15.0. The van der Waals surface area contributed by atoms with Gasteiger partial charge in [0.1, 0.15) is 0 Å². The minimum atomic E-state index is 0.599. The van der Waals surface area contributed by atoms with Crippen molar-refractivity contribution < 1.29 is 0 Å². The van der Waals surface area contributed by atoms with Crippen LogP contribution in [0.1, 0.15) is 0 Å². The fraction of sp³-hybridized carbons (Fsp3) is 0. The van der Waals surface area contributed by atoms with Gasteiger partial charge in [-0.15, -0.1) is 0 Å². The molecular weight excluding hydrogens is 731 g/mol. The van der Waals surface area contributed by atoms with Gasteiger partial charge in [0.05, 0.1) is 17.6 Å². The molecule has 0 saturated carbocycles. The molecule has 60 heavy (non-hydrogen) atoms. The number of aromatic nitrogens is 3. The lowest BCUT2D eigenvalue weighted by Crippen LogP contribution is -2.10. The molecule has 5 nitrogen and oxygen atoms in total. The molecule has 0 amide bonds. The van der Waals surface area contributed by atoms with Crippen LogP contribution in [-0.2, 0) is 0 Å². The molecule has 0 bridgehead atoms. The van der Waals surface area contributed by atoms with Crippen molar-refractivity contribution in [3.05, 3.63) is 224 Å². The SMILES string of the molecule is [C-]#[N+]c1ccc(N(c2ccc(-c3ccc(-c4ccc5c6c4ccc4cccc(c46)n5-c4ccccc4)cc3)cc2)c2cc(-c3cccnc3)cc(-c3cccnc3)c2)cc1. The van der Waals surface area contributed by atoms with Crippen LogP contribution in [0.15, 0.2) is 213 Å². The fourth-order valence-corrected chi connectivity index (χ4v) is 8.70. The van der Waals surface area contributed by atoms with E-state index in [-0.39, 0.29) is 0 Å². The van der Waals surface area contributed by atoms with Crippen molar-refractivity contribution in [2.75, 3.05) is 4.90 Å². The highest BCUT2D eigenvalue weighted by Gasteiger charge is 2.20. The Kier molecular flexibility index (Phi) is 8.46. The van der Waals surface area contributed by atoms with Gasteiger partial charge in [0.2, 0.25) is 0 Å². The summed E-state index contributed by atoms with van der Waals surface area (Å²) in [5, 5.41) is 5.12. The van der Waals surface area contributed by atoms with Gasteiger partial charge in [-0.2, -0.15) is 0 Å². The maximum Gasteiger partial charge on any atom is 0.187 e. The predicted octanol–water partition coefficient (Wildman–Crippen LogP) is 14.9. The molecule has 0 aliphatic carbocycles. The molecule has 5 heteroatoms. The van der Waals surface area contributed by atoms with E-state index < -0.39 is 0 Å². The Morgan fingerprint density at radius 2 is 1.05 bits per heavy atom. The van der Waals surface area contributed by atoms with E-state index in [1.165, 1.54) is 49.4 Å². The lowest BCUT2D eigenvalue weighted by Gasteiger charge is -2.27. The summed E-state index contributed by atoms with van der Waals surface area (Å²) in [5.41, 5.74) is 16.0. The molecule has 0 radical (unpaired) electrons. The summed E-state index contributed by atoms with van der Waals surface area (Å²) in [6.07, 6.45) is 7.38. The summed E-state index contributed by atoms with van der Waals surface area (Å²) in [4.78, 5) is 14.7. The second-order valence-corrected chi connectivity index (χ2v) is 15.0. The van der Waals surface area contributed by atoms with Crippen LogP contribution in [-0.4, -0.2) is 14.5 Å². The Balaban J connectivity index is 0.971. The highest BCUT2D eigenvalue weighted by Crippen LogP contribution is 2.44. The molecule has 0 saturated heterocycles. The van der Waals surface area contributed by atoms with Crippen LogP contribution in [0.3, 0.4) is 0 Å². The summed E-state index contributed by atoms with van der Waals surface area (Å²) >= 11 is 0. The van der Waals surface area contributed by atoms with Crippen LogP contribution in [0.4, 0.5) is 22.7 Å². The Morgan fingerprint density at radius 3 is 1.68 bits per heavy atom. The van der Waals surface area contributed by atoms with Gasteiger partial charge in [0, 0.05) is 69.4 Å². The standard InChI is InChI=1S/C55H35N5/c1-56-45-21-25-48(26-22-45)59(49-33-43(41-9-6-30-57-35-41)32-44(34-49)42-10-7-31-58-36-42)47-23-18-38(19-24-47)37-14-16-39(17-15-37)50-28-29-53-55-51(50)27-20-40-8-5-13-52(54(40)55)60(53)46-11-3-2-4-12-46/h2-36H. The van der Waals surface area contributed by atoms with Gasteiger partial charge in [-0.25, -0.2) is 4.85 Å². The summed E-state index contributed by atoms with van der Waals surface area (Å²) in [6, 6.07) is 66.5. The van der Waals surface area contributed by atoms with E-state index in [2.05, 4.69) is 176 Å². The number of para-hydroxylation sites is 1. The van der Waals surface area contributed by atoms with E-state index >= 15 is 0 Å². The van der Waals surface area contributed by atoms with Crippen molar-refractivity contribution in [2.45, 2.75) is 0 Å². The zero-order chi connectivity index (χ0) is 40.0. The molecule has 0 aliphatic heterocycles. The summed E-state index contributed by atoms with van der Waals surface area (Å²) in [6.45, 7) is 7.57. The Bertz CT molecular complexity index is 3270. The smallest absolute Gasteiger partial charge is 0.187 e. The van der Waals surface area contributed by atoms with Gasteiger partial charge >= 0.3 is 0 Å². The first-order valence-corrected chi connectivity index (χ1v) is 20.0. The molecule has 3 heterocycles. The van der Waals surface area contributed by atoms with Crippen molar-refractivity contribution >= 4 is 55.3 Å². The van der Waals surface area contributed by atoms with Gasteiger partial charge in [-0.1, -0.05) is 109 Å². The zero-order valence-electron chi connectivity index (χ0n) is 32.4. The number of anilines is 3. The third-order valence-electron chi connectivity index (χ3n) is 11.5. The topological polar surface area (TPSA) is 38.3 Å². The van der Waals surface area contributed by atoms with E-state index in [1.54, 1.807) is 12.4 Å². The van der Waals surface area contributed by atoms with Gasteiger partial charge in [0.25, 0.3) is 0 Å². The highest BCUT2D eigenvalue weighted by atomic mass is 15.1. The molecule has 0 fully saturated rings. The van der Waals surface area contributed by atoms with Crippen molar-refractivity contribution in [1.82, 2.24) is 14.5 Å². The number of nitrogens with zero attached hydrogens (tertiary/aromatic N) is 5. The minimum Gasteiger partial charge on any atom is -0.311 e. The van der Waals surface area contributed by atoms with Crippen molar-refractivity contribution in [3.8, 4) is 50.2 Å². The van der Waals surface area contributed by atoms with E-state index in [4.69, 9.17) is 6.57 Å². The molecular formula is C55H35N5. The molecule has 3 aromatic heterocycles. The monoisotopic (exact) mass is 765 g/mol. The fourth-order valence-electron chi connectivity index (χ4n) is 8.70. The van der Waals surface area contributed by atoms with Crippen LogP contribution in [0.5, 0.6) is 0 Å². The zero-order valence-corrected chi connectivity index (χ0v) is 32.4. The molecule has 11 aromatic rings. The quantitative estimate of drug-likeness (QED) is 0.114. The lowest BCUT2D eigenvalue weighted by molar-refractivity contribution is 1.18. The van der Waals surface area contributed by atoms with E-state index in [0.29, 0.717) is 5.69 Å². The number of rotatable bonds is 8. The molecule has 11 rings (SSSR count). The van der Waals surface area contributed by atoms with Gasteiger partial charge in [0.15, 0.2) is 5.69 Å². The maximum absolute atomic E-state index is 7.57. The lowest BCUT2D eigenvalue weighted by atomic mass is 9.93. The van der Waals surface area contributed by atoms with Crippen LogP contribution in [0.25, 0.3) is 87.6 Å². The van der Waals surface area contributed by atoms with Crippen molar-refractivity contribution in [2.24, 2.45) is 0 Å². The normalized spacial score (nSPS) is 11.3. The summed E-state index contributed by atoms with van der Waals surface area (Å²) in [7, 11) is 0. The summed E-state index contributed by atoms with van der Waals surface area (Å²) in [5.74, 6) is 0. The molecule has 0 aliphatic rings. The number of hydrogen-bond donors (Lipinski definition) is 0. The van der Waals surface area contributed by atoms with E-state index in [0.717, 1.165) is 50.4 Å². The number of benzene rings is 8. The third kappa shape index (κ3) is 6.03. The van der Waals surface area contributed by atoms with Crippen LogP contribution >= 0.6 is 0 Å². The highest BCUT2D eigenvalue weighted by molar-refractivity contribution is 6.26. The van der Waals surface area contributed by atoms with Gasteiger partial charge in [-0.05, 0) is 123 Å². The van der Waals surface area contributed by atoms with E-state index in [1.807, 2.05) is 48.8 Å². The second kappa shape index (κ2) is 14.6. The van der Waals surface area contributed by atoms with Gasteiger partial charge < -0.3 is 9.47 Å². The number of pyridine rings is 2. The first-order chi connectivity index (χ1) is 29.7. The van der Waals surface area contributed by atoms with E-state index in [9.17, 15) is 0 Å². The Hall–Kier alpha value is -8.33. The molecule has 0 unspecified atom stereocenters. The first kappa shape index (κ1) is 34.9. The molecule has 0 spiro atoms. The van der Waals surface area contributed by atoms with Crippen LogP contribution in [0, 0.1) is 6.57 Å². The van der Waals surface area contributed by atoms with Gasteiger partial charge in [-0.3, -0.25) is 9.97 Å². The summed E-state index contributed by atoms with van der Waals surface area (Å²) < 4.78 is 2.39. The minimum absolute atomic E-state index is 0.599. The largest absolute Gasteiger partial charge is 0.311 e.